The highest BCUT2D eigenvalue weighted by molar-refractivity contribution is 6.26. The first kappa shape index (κ1) is 22.9. The Bertz CT molecular complexity index is 1690. The molecule has 3 aromatic carbocycles. The summed E-state index contributed by atoms with van der Waals surface area (Å²) >= 11 is 0. The zero-order valence-electron chi connectivity index (χ0n) is 20.9. The van der Waals surface area contributed by atoms with Crippen LogP contribution in [-0.4, -0.2) is 34.6 Å². The lowest BCUT2D eigenvalue weighted by atomic mass is 9.67. The van der Waals surface area contributed by atoms with Gasteiger partial charge in [-0.3, -0.25) is 14.6 Å². The predicted octanol–water partition coefficient (Wildman–Crippen LogP) is 5.16. The topological polar surface area (TPSA) is 92.5 Å². The van der Waals surface area contributed by atoms with Gasteiger partial charge in [-0.1, -0.05) is 30.3 Å². The minimum Gasteiger partial charge on any atom is -0.493 e. The van der Waals surface area contributed by atoms with Gasteiger partial charge >= 0.3 is 0 Å². The normalized spacial score (nSPS) is 27.7. The molecule has 0 aliphatic carbocycles. The first-order chi connectivity index (χ1) is 18.4. The Morgan fingerprint density at radius 3 is 2.68 bits per heavy atom. The molecule has 0 spiro atoms. The van der Waals surface area contributed by atoms with Crippen molar-refractivity contribution < 1.29 is 19.1 Å². The second kappa shape index (κ2) is 8.11. The average Bonchev–Trinajstić information content (AvgIpc) is 3.52. The predicted molar refractivity (Wildman–Crippen MR) is 141 cm³/mol. The number of nitrogens with zero attached hydrogens (tertiary/aromatic N) is 3. The zero-order valence-corrected chi connectivity index (χ0v) is 20.9. The van der Waals surface area contributed by atoms with Crippen molar-refractivity contribution in [1.82, 2.24) is 4.98 Å². The number of fused-ring (bicyclic) bond motifs is 7. The van der Waals surface area contributed by atoms with Crippen LogP contribution >= 0.6 is 0 Å². The van der Waals surface area contributed by atoms with Crippen molar-refractivity contribution >= 4 is 39.2 Å². The van der Waals surface area contributed by atoms with Crippen LogP contribution in [0.25, 0.3) is 21.7 Å². The molecule has 4 atom stereocenters. The van der Waals surface area contributed by atoms with Crippen LogP contribution < -0.4 is 9.64 Å². The number of carbonyl (C=O) groups excluding carboxylic acids is 2. The highest BCUT2D eigenvalue weighted by Crippen LogP contribution is 2.62. The molecule has 3 aliphatic rings. The molecule has 0 N–H and O–H groups in total. The molecule has 3 saturated heterocycles. The molecule has 1 aromatic heterocycles. The second-order valence-electron chi connectivity index (χ2n) is 10.7. The summed E-state index contributed by atoms with van der Waals surface area (Å²) in [5, 5.41) is 12.0. The van der Waals surface area contributed by atoms with Gasteiger partial charge in [0, 0.05) is 34.8 Å². The summed E-state index contributed by atoms with van der Waals surface area (Å²) < 4.78 is 12.7. The molecule has 0 saturated carbocycles. The molecule has 3 fully saturated rings. The summed E-state index contributed by atoms with van der Waals surface area (Å²) in [5.74, 6) is -0.843. The van der Waals surface area contributed by atoms with E-state index >= 15 is 0 Å². The van der Waals surface area contributed by atoms with Gasteiger partial charge in [-0.25, -0.2) is 4.90 Å². The van der Waals surface area contributed by atoms with Crippen LogP contribution in [0.1, 0.15) is 31.7 Å². The van der Waals surface area contributed by atoms with Crippen molar-refractivity contribution in [2.45, 2.75) is 37.4 Å². The van der Waals surface area contributed by atoms with Crippen molar-refractivity contribution in [2.75, 3.05) is 11.5 Å². The van der Waals surface area contributed by atoms with Gasteiger partial charge in [-0.2, -0.15) is 5.26 Å². The van der Waals surface area contributed by atoms with E-state index in [1.807, 2.05) is 61.5 Å². The highest BCUT2D eigenvalue weighted by atomic mass is 16.5. The fourth-order valence-corrected chi connectivity index (χ4v) is 6.90. The Morgan fingerprint density at radius 2 is 1.84 bits per heavy atom. The number of benzene rings is 3. The molecule has 7 nitrogen and oxygen atoms in total. The maximum Gasteiger partial charge on any atom is 0.240 e. The number of aromatic nitrogens is 1. The number of hydrogen-bond acceptors (Lipinski definition) is 6. The fraction of sp³-hybridized carbons (Fsp3) is 0.290. The molecule has 4 aromatic rings. The van der Waals surface area contributed by atoms with E-state index in [0.29, 0.717) is 41.8 Å². The number of amides is 2. The van der Waals surface area contributed by atoms with E-state index in [1.54, 1.807) is 18.3 Å². The number of rotatable bonds is 5. The number of hydrogen-bond donors (Lipinski definition) is 0. The molecule has 0 radical (unpaired) electrons. The SMILES string of the molecule is CC12CCC(CCOc3ccc4cccnc4c3)(O1)C1C(=O)N(c3ccc(C#N)c4ccccc34)C(=O)C12. The number of ether oxygens (including phenoxy) is 2. The van der Waals surface area contributed by atoms with Gasteiger partial charge in [0.15, 0.2) is 0 Å². The van der Waals surface area contributed by atoms with Gasteiger partial charge in [0.1, 0.15) is 5.75 Å². The molecule has 3 aliphatic heterocycles. The van der Waals surface area contributed by atoms with E-state index in [1.165, 1.54) is 4.90 Å². The summed E-state index contributed by atoms with van der Waals surface area (Å²) in [6.07, 6.45) is 3.68. The summed E-state index contributed by atoms with van der Waals surface area (Å²) in [6, 6.07) is 22.7. The highest BCUT2D eigenvalue weighted by Gasteiger charge is 2.73. The average molecular weight is 504 g/mol. The van der Waals surface area contributed by atoms with E-state index in [4.69, 9.17) is 9.47 Å². The Morgan fingerprint density at radius 1 is 1.03 bits per heavy atom. The number of pyridine rings is 1. The van der Waals surface area contributed by atoms with Crippen molar-refractivity contribution in [1.29, 1.82) is 5.26 Å². The third kappa shape index (κ3) is 3.13. The van der Waals surface area contributed by atoms with E-state index in [-0.39, 0.29) is 11.8 Å². The standard InChI is InChI=1S/C31H25N3O4/c1-30-12-13-31(38-30,14-16-37-21-10-8-19-5-4-15-33-24(19)17-21)27-26(30)28(35)34(29(27)36)25-11-9-20(18-32)22-6-2-3-7-23(22)25/h2-11,15,17,26-27H,12-14,16H2,1H3. The molecule has 188 valence electrons. The number of nitriles is 1. The maximum atomic E-state index is 14.0. The van der Waals surface area contributed by atoms with E-state index in [2.05, 4.69) is 11.1 Å². The number of imide groups is 1. The molecular weight excluding hydrogens is 478 g/mol. The minimum atomic E-state index is -0.752. The van der Waals surface area contributed by atoms with Gasteiger partial charge in [0.05, 0.1) is 52.5 Å². The third-order valence-electron chi connectivity index (χ3n) is 8.65. The van der Waals surface area contributed by atoms with Crippen LogP contribution in [0.3, 0.4) is 0 Å². The molecule has 2 amide bonds. The zero-order chi connectivity index (χ0) is 26.1. The lowest BCUT2D eigenvalue weighted by molar-refractivity contribution is -0.131. The largest absolute Gasteiger partial charge is 0.493 e. The Hall–Kier alpha value is -4.28. The van der Waals surface area contributed by atoms with Crippen LogP contribution in [-0.2, 0) is 14.3 Å². The fourth-order valence-electron chi connectivity index (χ4n) is 6.90. The molecule has 7 heteroatoms. The van der Waals surface area contributed by atoms with Crippen LogP contribution in [0, 0.1) is 23.2 Å². The van der Waals surface area contributed by atoms with E-state index in [9.17, 15) is 14.9 Å². The van der Waals surface area contributed by atoms with Gasteiger partial charge < -0.3 is 9.47 Å². The smallest absolute Gasteiger partial charge is 0.240 e. The van der Waals surface area contributed by atoms with Crippen molar-refractivity contribution in [3.8, 4) is 11.8 Å². The molecular formula is C31H25N3O4. The van der Waals surface area contributed by atoms with Crippen LogP contribution in [0.4, 0.5) is 5.69 Å². The monoisotopic (exact) mass is 503 g/mol. The molecule has 4 heterocycles. The Balaban J connectivity index is 1.19. The second-order valence-corrected chi connectivity index (χ2v) is 10.7. The maximum absolute atomic E-state index is 14.0. The number of carbonyl (C=O) groups is 2. The molecule has 38 heavy (non-hydrogen) atoms. The van der Waals surface area contributed by atoms with Crippen molar-refractivity contribution in [2.24, 2.45) is 11.8 Å². The number of anilines is 1. The Kier molecular flexibility index (Phi) is 4.88. The lowest BCUT2D eigenvalue weighted by Gasteiger charge is -2.31. The summed E-state index contributed by atoms with van der Waals surface area (Å²) in [5.41, 5.74) is 0.453. The van der Waals surface area contributed by atoms with Crippen LogP contribution in [0.15, 0.2) is 72.9 Å². The van der Waals surface area contributed by atoms with Gasteiger partial charge in [0.2, 0.25) is 11.8 Å². The van der Waals surface area contributed by atoms with Crippen molar-refractivity contribution in [3.63, 3.8) is 0 Å². The Labute approximate surface area is 219 Å². The first-order valence-electron chi connectivity index (χ1n) is 12.9. The molecule has 2 bridgehead atoms. The van der Waals surface area contributed by atoms with Crippen LogP contribution in [0.2, 0.25) is 0 Å². The molecule has 4 unspecified atom stereocenters. The summed E-state index contributed by atoms with van der Waals surface area (Å²) in [6.45, 7) is 2.32. The van der Waals surface area contributed by atoms with E-state index < -0.39 is 23.0 Å². The van der Waals surface area contributed by atoms with Gasteiger partial charge in [0.25, 0.3) is 0 Å². The third-order valence-corrected chi connectivity index (χ3v) is 8.65. The lowest BCUT2D eigenvalue weighted by Crippen LogP contribution is -2.43. The van der Waals surface area contributed by atoms with Gasteiger partial charge in [-0.05, 0) is 50.1 Å². The summed E-state index contributed by atoms with van der Waals surface area (Å²) in [7, 11) is 0. The minimum absolute atomic E-state index is 0.222. The van der Waals surface area contributed by atoms with Gasteiger partial charge in [-0.15, -0.1) is 0 Å². The van der Waals surface area contributed by atoms with Crippen molar-refractivity contribution in [3.05, 3.63) is 78.5 Å². The molecule has 7 rings (SSSR count). The first-order valence-corrected chi connectivity index (χ1v) is 12.9. The quantitative estimate of drug-likeness (QED) is 0.350. The van der Waals surface area contributed by atoms with E-state index in [0.717, 1.165) is 22.7 Å². The summed E-state index contributed by atoms with van der Waals surface area (Å²) in [4.78, 5) is 33.6. The van der Waals surface area contributed by atoms with Crippen LogP contribution in [0.5, 0.6) is 5.75 Å².